The summed E-state index contributed by atoms with van der Waals surface area (Å²) >= 11 is 0. The fourth-order valence-corrected chi connectivity index (χ4v) is 3.40. The minimum atomic E-state index is -1.00. The number of benzene rings is 1. The molecule has 0 aliphatic carbocycles. The van der Waals surface area contributed by atoms with Crippen LogP contribution < -0.4 is 15.2 Å². The summed E-state index contributed by atoms with van der Waals surface area (Å²) in [5.74, 6) is -0.943. The predicted molar refractivity (Wildman–Crippen MR) is 148 cm³/mol. The van der Waals surface area contributed by atoms with Crippen molar-refractivity contribution in [3.8, 4) is 11.5 Å². The maximum atomic E-state index is 12.5. The van der Waals surface area contributed by atoms with E-state index >= 15 is 0 Å². The Morgan fingerprint density at radius 2 is 1.38 bits per heavy atom. The third-order valence-corrected chi connectivity index (χ3v) is 6.36. The average molecular weight is 550 g/mol. The summed E-state index contributed by atoms with van der Waals surface area (Å²) in [5.41, 5.74) is 6.66. The highest BCUT2D eigenvalue weighted by molar-refractivity contribution is 5.77. The predicted octanol–water partition coefficient (Wildman–Crippen LogP) is 5.15. The van der Waals surface area contributed by atoms with Crippen LogP contribution in [0.25, 0.3) is 0 Å². The van der Waals surface area contributed by atoms with E-state index in [4.69, 9.17) is 24.7 Å². The number of nitrogens with two attached hydrogens (primary N) is 1. The van der Waals surface area contributed by atoms with Crippen LogP contribution in [0.4, 0.5) is 0 Å². The van der Waals surface area contributed by atoms with Gasteiger partial charge in [-0.3, -0.25) is 19.2 Å². The smallest absolute Gasteiger partial charge is 0.323 e. The number of rotatable bonds is 17. The lowest BCUT2D eigenvalue weighted by atomic mass is 10.0. The molecule has 220 valence electrons. The van der Waals surface area contributed by atoms with Crippen molar-refractivity contribution in [1.29, 1.82) is 0 Å². The van der Waals surface area contributed by atoms with E-state index in [1.54, 1.807) is 19.1 Å². The summed E-state index contributed by atoms with van der Waals surface area (Å²) in [5, 5.41) is 0. The number of ether oxygens (including phenoxy) is 4. The molecule has 1 aromatic carbocycles. The molecule has 0 spiro atoms. The molecule has 2 N–H and O–H groups in total. The Bertz CT molecular complexity index is 945. The van der Waals surface area contributed by atoms with Crippen molar-refractivity contribution in [2.24, 2.45) is 23.5 Å². The highest BCUT2D eigenvalue weighted by atomic mass is 16.6. The summed E-state index contributed by atoms with van der Waals surface area (Å²) in [4.78, 5) is 49.2. The third kappa shape index (κ3) is 14.1. The lowest BCUT2D eigenvalue weighted by molar-refractivity contribution is -0.158. The van der Waals surface area contributed by atoms with Gasteiger partial charge in [-0.15, -0.1) is 0 Å². The van der Waals surface area contributed by atoms with Gasteiger partial charge in [-0.25, -0.2) is 0 Å². The van der Waals surface area contributed by atoms with Crippen LogP contribution in [0.2, 0.25) is 0 Å². The van der Waals surface area contributed by atoms with E-state index in [1.807, 2.05) is 41.5 Å². The van der Waals surface area contributed by atoms with E-state index < -0.39 is 30.1 Å². The van der Waals surface area contributed by atoms with Gasteiger partial charge in [-0.2, -0.15) is 0 Å². The minimum Gasteiger partial charge on any atom is -0.461 e. The third-order valence-electron chi connectivity index (χ3n) is 6.36. The van der Waals surface area contributed by atoms with E-state index in [0.717, 1.165) is 19.3 Å². The molecule has 1 rings (SSSR count). The molecule has 9 heteroatoms. The van der Waals surface area contributed by atoms with E-state index in [1.165, 1.54) is 6.07 Å². The van der Waals surface area contributed by atoms with Crippen LogP contribution in [-0.4, -0.2) is 42.6 Å². The molecule has 0 fully saturated rings. The molecule has 0 saturated heterocycles. The van der Waals surface area contributed by atoms with Crippen LogP contribution in [0.1, 0.15) is 92.6 Å². The summed E-state index contributed by atoms with van der Waals surface area (Å²) < 4.78 is 21.6. The van der Waals surface area contributed by atoms with Crippen molar-refractivity contribution >= 4 is 23.9 Å². The first-order valence-electron chi connectivity index (χ1n) is 14.0. The number of esters is 4. The van der Waals surface area contributed by atoms with E-state index in [-0.39, 0.29) is 55.2 Å². The van der Waals surface area contributed by atoms with Gasteiger partial charge in [-0.1, -0.05) is 60.5 Å². The minimum absolute atomic E-state index is 0.0956. The average Bonchev–Trinajstić information content (AvgIpc) is 2.87. The van der Waals surface area contributed by atoms with Gasteiger partial charge < -0.3 is 24.7 Å². The Morgan fingerprint density at radius 1 is 0.821 bits per heavy atom. The van der Waals surface area contributed by atoms with Gasteiger partial charge in [0.05, 0.1) is 0 Å². The van der Waals surface area contributed by atoms with Gasteiger partial charge in [0.25, 0.3) is 0 Å². The van der Waals surface area contributed by atoms with Crippen LogP contribution in [-0.2, 0) is 35.1 Å². The van der Waals surface area contributed by atoms with E-state index in [0.29, 0.717) is 17.9 Å². The zero-order valence-electron chi connectivity index (χ0n) is 24.6. The fraction of sp³-hybridized carbons (Fsp3) is 0.667. The van der Waals surface area contributed by atoms with Crippen molar-refractivity contribution in [3.63, 3.8) is 0 Å². The summed E-state index contributed by atoms with van der Waals surface area (Å²) in [6.45, 7) is 13.5. The Kier molecular flexibility index (Phi) is 15.4. The molecule has 0 radical (unpaired) electrons. The molecule has 0 saturated carbocycles. The summed E-state index contributed by atoms with van der Waals surface area (Å²) in [6, 6.07) is 3.74. The van der Waals surface area contributed by atoms with E-state index in [2.05, 4.69) is 0 Å². The monoisotopic (exact) mass is 549 g/mol. The fourth-order valence-electron chi connectivity index (χ4n) is 3.40. The normalized spacial score (nSPS) is 14.2. The van der Waals surface area contributed by atoms with Gasteiger partial charge in [0, 0.05) is 19.3 Å². The lowest BCUT2D eigenvalue weighted by Crippen LogP contribution is -2.36. The number of hydrogen-bond donors (Lipinski definition) is 1. The molecule has 0 aliphatic heterocycles. The van der Waals surface area contributed by atoms with Crippen molar-refractivity contribution < 1.29 is 38.1 Å². The largest absolute Gasteiger partial charge is 0.461 e. The van der Waals surface area contributed by atoms with Gasteiger partial charge >= 0.3 is 23.9 Å². The molecule has 39 heavy (non-hydrogen) atoms. The first-order chi connectivity index (χ1) is 18.3. The molecular formula is C30H47NO8. The quantitative estimate of drug-likeness (QED) is 0.207. The van der Waals surface area contributed by atoms with Crippen LogP contribution in [0.3, 0.4) is 0 Å². The molecule has 0 heterocycles. The van der Waals surface area contributed by atoms with Crippen molar-refractivity contribution in [2.75, 3.05) is 6.61 Å². The highest BCUT2D eigenvalue weighted by Crippen LogP contribution is 2.30. The maximum absolute atomic E-state index is 12.5. The lowest BCUT2D eigenvalue weighted by Gasteiger charge is -2.17. The second-order valence-corrected chi connectivity index (χ2v) is 10.8. The topological polar surface area (TPSA) is 131 Å². The highest BCUT2D eigenvalue weighted by Gasteiger charge is 2.21. The molecule has 2 unspecified atom stereocenters. The van der Waals surface area contributed by atoms with Crippen LogP contribution in [0.15, 0.2) is 18.2 Å². The van der Waals surface area contributed by atoms with Crippen LogP contribution in [0, 0.1) is 17.8 Å². The Hall–Kier alpha value is -2.94. The maximum Gasteiger partial charge on any atom is 0.323 e. The Morgan fingerprint density at radius 3 is 1.92 bits per heavy atom. The van der Waals surface area contributed by atoms with Gasteiger partial charge in [0.15, 0.2) is 11.5 Å². The Balaban J connectivity index is 2.85. The number of hydrogen-bond acceptors (Lipinski definition) is 9. The molecule has 9 nitrogen and oxygen atoms in total. The summed E-state index contributed by atoms with van der Waals surface area (Å²) in [7, 11) is 0. The van der Waals surface area contributed by atoms with E-state index in [9.17, 15) is 19.2 Å². The van der Waals surface area contributed by atoms with Gasteiger partial charge in [0.1, 0.15) is 18.8 Å². The van der Waals surface area contributed by atoms with Crippen LogP contribution in [0.5, 0.6) is 11.5 Å². The molecule has 0 amide bonds. The molecular weight excluding hydrogens is 502 g/mol. The second kappa shape index (κ2) is 17.6. The first kappa shape index (κ1) is 34.1. The molecule has 0 aliphatic rings. The van der Waals surface area contributed by atoms with Gasteiger partial charge in [-0.05, 0) is 55.2 Å². The van der Waals surface area contributed by atoms with Crippen LogP contribution >= 0.6 is 0 Å². The van der Waals surface area contributed by atoms with Gasteiger partial charge in [0.2, 0.25) is 0 Å². The molecule has 0 bridgehead atoms. The van der Waals surface area contributed by atoms with Crippen molar-refractivity contribution in [2.45, 2.75) is 106 Å². The molecule has 0 aromatic heterocycles. The second-order valence-electron chi connectivity index (χ2n) is 10.8. The SMILES string of the molecule is CCC(C)CC(=O)Oc1ccc(C[C@H](N)C(=O)OC[C@H](C)OC(=O)CCC(C)C)cc1OC(=O)CC(C)CC. The zero-order valence-corrected chi connectivity index (χ0v) is 24.6. The molecule has 4 atom stereocenters. The first-order valence-corrected chi connectivity index (χ1v) is 14.0. The summed E-state index contributed by atoms with van der Waals surface area (Å²) in [6.07, 6.45) is 2.63. The van der Waals surface area contributed by atoms with Crippen molar-refractivity contribution in [3.05, 3.63) is 23.8 Å². The standard InChI is InChI=1S/C30H47NO8/c1-8-20(5)14-28(33)38-25-12-11-23(17-26(25)39-29(34)15-21(6)9-2)16-24(31)30(35)36-18-22(7)37-27(32)13-10-19(3)4/h11-12,17,19-22,24H,8-10,13-16,18,31H2,1-7H3/t20?,21?,22-,24-/m0/s1. The zero-order chi connectivity index (χ0) is 29.5. The van der Waals surface area contributed by atoms with Crippen molar-refractivity contribution in [1.82, 2.24) is 0 Å². The molecule has 1 aromatic rings. The number of carbonyl (C=O) groups excluding carboxylic acids is 4. The Labute approximate surface area is 233 Å². The number of carbonyl (C=O) groups is 4.